The fourth-order valence-corrected chi connectivity index (χ4v) is 0.446. The Kier molecular flexibility index (Phi) is 2.54. The predicted octanol–water partition coefficient (Wildman–Crippen LogP) is 0.161. The molecule has 0 aromatic heterocycles. The molecule has 0 saturated heterocycles. The molecule has 0 spiro atoms. The lowest BCUT2D eigenvalue weighted by atomic mass is 9.99. The van der Waals surface area contributed by atoms with Gasteiger partial charge in [-0.2, -0.15) is 10.5 Å². The van der Waals surface area contributed by atoms with Crippen molar-refractivity contribution in [2.24, 2.45) is 5.73 Å². The van der Waals surface area contributed by atoms with E-state index in [-0.39, 0.29) is 12.1 Å². The number of rotatable bonds is 2. The summed E-state index contributed by atoms with van der Waals surface area (Å²) in [5.74, 6) is 0. The second-order valence-corrected chi connectivity index (χ2v) is 2.30. The minimum atomic E-state index is -1.08. The van der Waals surface area contributed by atoms with E-state index in [0.29, 0.717) is 0 Å². The SMILES string of the molecule is CC(N)(C#N)CC(=N)C#N. The fourth-order valence-electron chi connectivity index (χ4n) is 0.446. The third-order valence-corrected chi connectivity index (χ3v) is 0.934. The van der Waals surface area contributed by atoms with Crippen molar-refractivity contribution in [1.29, 1.82) is 15.9 Å². The molecule has 1 unspecified atom stereocenters. The number of nitriles is 2. The average molecular weight is 136 g/mol. The first-order valence-electron chi connectivity index (χ1n) is 2.69. The van der Waals surface area contributed by atoms with E-state index in [4.69, 9.17) is 21.7 Å². The molecule has 0 heterocycles. The number of hydrogen-bond acceptors (Lipinski definition) is 4. The van der Waals surface area contributed by atoms with Crippen molar-refractivity contribution in [2.75, 3.05) is 0 Å². The molecule has 4 nitrogen and oxygen atoms in total. The molecule has 0 aromatic rings. The summed E-state index contributed by atoms with van der Waals surface area (Å²) in [6.45, 7) is 1.48. The molecule has 0 saturated carbocycles. The zero-order chi connectivity index (χ0) is 8.20. The van der Waals surface area contributed by atoms with Crippen LogP contribution >= 0.6 is 0 Å². The van der Waals surface area contributed by atoms with Gasteiger partial charge in [0.25, 0.3) is 0 Å². The van der Waals surface area contributed by atoms with Gasteiger partial charge in [0.1, 0.15) is 17.3 Å². The van der Waals surface area contributed by atoms with E-state index in [1.807, 2.05) is 0 Å². The molecule has 52 valence electrons. The summed E-state index contributed by atoms with van der Waals surface area (Å²) in [7, 11) is 0. The third-order valence-electron chi connectivity index (χ3n) is 0.934. The Balaban J connectivity index is 4.08. The first kappa shape index (κ1) is 8.61. The molecular weight excluding hydrogens is 128 g/mol. The molecule has 0 fully saturated rings. The van der Waals surface area contributed by atoms with Gasteiger partial charge in [-0.05, 0) is 6.92 Å². The van der Waals surface area contributed by atoms with Crippen LogP contribution in [0, 0.1) is 28.1 Å². The zero-order valence-corrected chi connectivity index (χ0v) is 5.68. The summed E-state index contributed by atoms with van der Waals surface area (Å²) in [6.07, 6.45) is 0.0139. The summed E-state index contributed by atoms with van der Waals surface area (Å²) in [5.41, 5.74) is 4.10. The Labute approximate surface area is 59.4 Å². The van der Waals surface area contributed by atoms with Crippen molar-refractivity contribution in [3.05, 3.63) is 0 Å². The molecule has 4 heteroatoms. The van der Waals surface area contributed by atoms with Crippen LogP contribution in [0.4, 0.5) is 0 Å². The lowest BCUT2D eigenvalue weighted by molar-refractivity contribution is 0.626. The maximum atomic E-state index is 8.36. The van der Waals surface area contributed by atoms with Crippen molar-refractivity contribution in [3.8, 4) is 12.1 Å². The van der Waals surface area contributed by atoms with Gasteiger partial charge in [-0.25, -0.2) is 0 Å². The molecule has 0 aromatic carbocycles. The van der Waals surface area contributed by atoms with E-state index in [1.165, 1.54) is 6.92 Å². The van der Waals surface area contributed by atoms with E-state index in [0.717, 1.165) is 0 Å². The van der Waals surface area contributed by atoms with Gasteiger partial charge >= 0.3 is 0 Å². The minimum absolute atomic E-state index is 0.0139. The smallest absolute Gasteiger partial charge is 0.114 e. The molecule has 0 aliphatic rings. The van der Waals surface area contributed by atoms with Gasteiger partial charge in [0, 0.05) is 6.42 Å². The minimum Gasteiger partial charge on any atom is -0.313 e. The number of nitrogens with zero attached hydrogens (tertiary/aromatic N) is 2. The van der Waals surface area contributed by atoms with Crippen molar-refractivity contribution < 1.29 is 0 Å². The maximum Gasteiger partial charge on any atom is 0.114 e. The third kappa shape index (κ3) is 2.81. The Hall–Kier alpha value is -1.39. The van der Waals surface area contributed by atoms with Gasteiger partial charge in [0.05, 0.1) is 6.07 Å². The van der Waals surface area contributed by atoms with Crippen molar-refractivity contribution in [2.45, 2.75) is 18.9 Å². The van der Waals surface area contributed by atoms with Crippen molar-refractivity contribution in [3.63, 3.8) is 0 Å². The number of hydrogen-bond donors (Lipinski definition) is 2. The topological polar surface area (TPSA) is 97.4 Å². The highest BCUT2D eigenvalue weighted by Crippen LogP contribution is 2.03. The number of nitrogens with two attached hydrogens (primary N) is 1. The van der Waals surface area contributed by atoms with Crippen LogP contribution in [0.5, 0.6) is 0 Å². The van der Waals surface area contributed by atoms with E-state index in [2.05, 4.69) is 0 Å². The second kappa shape index (κ2) is 2.95. The van der Waals surface area contributed by atoms with Gasteiger partial charge in [0.2, 0.25) is 0 Å². The van der Waals surface area contributed by atoms with Crippen LogP contribution in [-0.4, -0.2) is 11.3 Å². The van der Waals surface area contributed by atoms with Gasteiger partial charge < -0.3 is 5.73 Å². The zero-order valence-electron chi connectivity index (χ0n) is 5.68. The molecule has 0 rings (SSSR count). The van der Waals surface area contributed by atoms with Crippen LogP contribution in [0.3, 0.4) is 0 Å². The van der Waals surface area contributed by atoms with Gasteiger partial charge in [0.15, 0.2) is 0 Å². The standard InChI is InChI=1S/C6H8N4/c1-6(10,4-8)2-5(9)3-7/h9H,2,10H2,1H3. The molecule has 0 aliphatic heterocycles. The lowest BCUT2D eigenvalue weighted by Gasteiger charge is -2.11. The Morgan fingerprint density at radius 1 is 1.70 bits per heavy atom. The Morgan fingerprint density at radius 3 is 2.50 bits per heavy atom. The normalized spacial score (nSPS) is 14.4. The molecule has 0 amide bonds. The molecule has 10 heavy (non-hydrogen) atoms. The number of nitrogens with one attached hydrogen (secondary N) is 1. The molecular formula is C6H8N4. The Morgan fingerprint density at radius 2 is 2.20 bits per heavy atom. The maximum absolute atomic E-state index is 8.36. The van der Waals surface area contributed by atoms with Crippen LogP contribution in [-0.2, 0) is 0 Å². The summed E-state index contributed by atoms with van der Waals surface area (Å²) in [6, 6.07) is 3.40. The van der Waals surface area contributed by atoms with Crippen LogP contribution in [0.15, 0.2) is 0 Å². The first-order valence-corrected chi connectivity index (χ1v) is 2.69. The van der Waals surface area contributed by atoms with Gasteiger partial charge in [-0.3, -0.25) is 5.41 Å². The summed E-state index contributed by atoms with van der Waals surface area (Å²) in [4.78, 5) is 0. The largest absolute Gasteiger partial charge is 0.313 e. The highest BCUT2D eigenvalue weighted by molar-refractivity contribution is 5.96. The van der Waals surface area contributed by atoms with Crippen LogP contribution in [0.1, 0.15) is 13.3 Å². The first-order chi connectivity index (χ1) is 4.52. The van der Waals surface area contributed by atoms with Gasteiger partial charge in [-0.1, -0.05) is 0 Å². The molecule has 0 radical (unpaired) electrons. The molecule has 1 atom stereocenters. The van der Waals surface area contributed by atoms with E-state index >= 15 is 0 Å². The van der Waals surface area contributed by atoms with E-state index in [9.17, 15) is 0 Å². The fraction of sp³-hybridized carbons (Fsp3) is 0.500. The predicted molar refractivity (Wildman–Crippen MR) is 36.2 cm³/mol. The van der Waals surface area contributed by atoms with Crippen LogP contribution in [0.2, 0.25) is 0 Å². The molecule has 3 N–H and O–H groups in total. The molecule has 0 bridgehead atoms. The lowest BCUT2D eigenvalue weighted by Crippen LogP contribution is -2.36. The second-order valence-electron chi connectivity index (χ2n) is 2.30. The van der Waals surface area contributed by atoms with E-state index in [1.54, 1.807) is 12.1 Å². The van der Waals surface area contributed by atoms with Gasteiger partial charge in [-0.15, -0.1) is 0 Å². The summed E-state index contributed by atoms with van der Waals surface area (Å²) < 4.78 is 0. The van der Waals surface area contributed by atoms with Crippen molar-refractivity contribution >= 4 is 5.71 Å². The van der Waals surface area contributed by atoms with Crippen LogP contribution < -0.4 is 5.73 Å². The van der Waals surface area contributed by atoms with Crippen molar-refractivity contribution in [1.82, 2.24) is 0 Å². The molecule has 0 aliphatic carbocycles. The Bertz CT molecular complexity index is 215. The van der Waals surface area contributed by atoms with E-state index < -0.39 is 5.54 Å². The summed E-state index contributed by atoms with van der Waals surface area (Å²) in [5, 5.41) is 23.4. The quantitative estimate of drug-likeness (QED) is 0.529. The average Bonchev–Trinajstić information content (AvgIpc) is 1.87. The monoisotopic (exact) mass is 136 g/mol. The van der Waals surface area contributed by atoms with Crippen LogP contribution in [0.25, 0.3) is 0 Å². The summed E-state index contributed by atoms with van der Waals surface area (Å²) >= 11 is 0. The highest BCUT2D eigenvalue weighted by Gasteiger charge is 2.18. The highest BCUT2D eigenvalue weighted by atomic mass is 14.7.